The number of hydrogen-bond donors (Lipinski definition) is 1. The molecule has 0 aliphatic carbocycles. The van der Waals surface area contributed by atoms with Crippen LogP contribution in [0.1, 0.15) is 25.0 Å². The fourth-order valence-corrected chi connectivity index (χ4v) is 1.89. The van der Waals surface area contributed by atoms with Crippen LogP contribution >= 0.6 is 11.6 Å². The number of nitrogens with zero attached hydrogens (tertiary/aromatic N) is 1. The molecule has 3 nitrogen and oxygen atoms in total. The average molecular weight is 303 g/mol. The Morgan fingerprint density at radius 3 is 2.38 bits per heavy atom. The summed E-state index contributed by atoms with van der Waals surface area (Å²) in [5.41, 5.74) is 5.17. The fraction of sp³-hybridized carbons (Fsp3) is 0.235. The first-order valence-electron chi connectivity index (χ1n) is 6.90. The Labute approximate surface area is 130 Å². The van der Waals surface area contributed by atoms with E-state index in [1.807, 2.05) is 62.4 Å². The van der Waals surface area contributed by atoms with Crippen LogP contribution < -0.4 is 10.2 Å². The van der Waals surface area contributed by atoms with Gasteiger partial charge in [0.25, 0.3) is 0 Å². The molecule has 0 aliphatic heterocycles. The Morgan fingerprint density at radius 1 is 1.10 bits per heavy atom. The van der Waals surface area contributed by atoms with E-state index in [2.05, 4.69) is 10.5 Å². The highest BCUT2D eigenvalue weighted by molar-refractivity contribution is 6.30. The van der Waals surface area contributed by atoms with Crippen LogP contribution in [0, 0.1) is 0 Å². The minimum absolute atomic E-state index is 0.186. The van der Waals surface area contributed by atoms with Crippen molar-refractivity contribution in [3.05, 3.63) is 64.7 Å². The van der Waals surface area contributed by atoms with Gasteiger partial charge in [0.05, 0.1) is 18.9 Å². The molecule has 2 aromatic rings. The summed E-state index contributed by atoms with van der Waals surface area (Å²) in [6, 6.07) is 15.5. The van der Waals surface area contributed by atoms with Gasteiger partial charge in [-0.05, 0) is 61.4 Å². The molecule has 0 aliphatic rings. The maximum atomic E-state index is 5.84. The van der Waals surface area contributed by atoms with Gasteiger partial charge in [0, 0.05) is 5.02 Å². The van der Waals surface area contributed by atoms with Gasteiger partial charge in [-0.25, -0.2) is 0 Å². The van der Waals surface area contributed by atoms with Crippen LogP contribution in [-0.2, 0) is 6.54 Å². The molecule has 2 aromatic carbocycles. The predicted octanol–water partition coefficient (Wildman–Crippen LogP) is 4.25. The minimum Gasteiger partial charge on any atom is -0.491 e. The molecule has 1 N–H and O–H groups in total. The molecule has 110 valence electrons. The van der Waals surface area contributed by atoms with Gasteiger partial charge in [0.15, 0.2) is 0 Å². The second-order valence-corrected chi connectivity index (χ2v) is 5.39. The van der Waals surface area contributed by atoms with Crippen molar-refractivity contribution in [2.45, 2.75) is 26.5 Å². The third-order valence-electron chi connectivity index (χ3n) is 2.75. The van der Waals surface area contributed by atoms with Crippen molar-refractivity contribution in [3.8, 4) is 5.75 Å². The van der Waals surface area contributed by atoms with Crippen molar-refractivity contribution in [2.24, 2.45) is 5.10 Å². The predicted molar refractivity (Wildman–Crippen MR) is 88.1 cm³/mol. The first-order valence-corrected chi connectivity index (χ1v) is 7.28. The lowest BCUT2D eigenvalue weighted by atomic mass is 10.2. The quantitative estimate of drug-likeness (QED) is 0.639. The summed E-state index contributed by atoms with van der Waals surface area (Å²) in [5, 5.41) is 4.94. The molecule has 0 unspecified atom stereocenters. The monoisotopic (exact) mass is 302 g/mol. The largest absolute Gasteiger partial charge is 0.491 e. The highest BCUT2D eigenvalue weighted by Crippen LogP contribution is 2.13. The van der Waals surface area contributed by atoms with E-state index in [9.17, 15) is 0 Å². The fourth-order valence-electron chi connectivity index (χ4n) is 1.76. The van der Waals surface area contributed by atoms with Gasteiger partial charge in [-0.2, -0.15) is 5.10 Å². The highest BCUT2D eigenvalue weighted by Gasteiger charge is 1.96. The van der Waals surface area contributed by atoms with E-state index in [-0.39, 0.29) is 6.10 Å². The van der Waals surface area contributed by atoms with Crippen molar-refractivity contribution >= 4 is 17.8 Å². The normalized spacial score (nSPS) is 11.0. The summed E-state index contributed by atoms with van der Waals surface area (Å²) >= 11 is 5.84. The maximum absolute atomic E-state index is 5.84. The molecule has 0 heterocycles. The Bertz CT molecular complexity index is 577. The van der Waals surface area contributed by atoms with Gasteiger partial charge >= 0.3 is 0 Å². The van der Waals surface area contributed by atoms with Gasteiger partial charge in [-0.3, -0.25) is 0 Å². The van der Waals surface area contributed by atoms with Gasteiger partial charge < -0.3 is 10.2 Å². The van der Waals surface area contributed by atoms with Gasteiger partial charge in [0.1, 0.15) is 5.75 Å². The van der Waals surface area contributed by atoms with Crippen LogP contribution in [0.25, 0.3) is 0 Å². The first-order chi connectivity index (χ1) is 10.1. The summed E-state index contributed by atoms with van der Waals surface area (Å²) in [4.78, 5) is 0. The van der Waals surface area contributed by atoms with E-state index < -0.39 is 0 Å². The summed E-state index contributed by atoms with van der Waals surface area (Å²) in [6.07, 6.45) is 1.97. The van der Waals surface area contributed by atoms with Crippen molar-refractivity contribution < 1.29 is 4.74 Å². The molecule has 0 atom stereocenters. The summed E-state index contributed by atoms with van der Waals surface area (Å²) in [7, 11) is 0. The van der Waals surface area contributed by atoms with E-state index in [4.69, 9.17) is 16.3 Å². The molecule has 0 aromatic heterocycles. The van der Waals surface area contributed by atoms with E-state index in [0.717, 1.165) is 21.9 Å². The van der Waals surface area contributed by atoms with Crippen molar-refractivity contribution in [1.82, 2.24) is 5.43 Å². The lowest BCUT2D eigenvalue weighted by molar-refractivity contribution is 0.242. The van der Waals surface area contributed by atoms with Crippen LogP contribution in [0.2, 0.25) is 5.02 Å². The lowest BCUT2D eigenvalue weighted by Gasteiger charge is -2.09. The Morgan fingerprint density at radius 2 is 1.76 bits per heavy atom. The number of benzene rings is 2. The van der Waals surface area contributed by atoms with Crippen molar-refractivity contribution in [2.75, 3.05) is 0 Å². The zero-order valence-electron chi connectivity index (χ0n) is 12.2. The third kappa shape index (κ3) is 5.48. The van der Waals surface area contributed by atoms with E-state index in [1.54, 1.807) is 6.21 Å². The smallest absolute Gasteiger partial charge is 0.119 e. The maximum Gasteiger partial charge on any atom is 0.119 e. The van der Waals surface area contributed by atoms with Gasteiger partial charge in [-0.15, -0.1) is 0 Å². The molecule has 0 spiro atoms. The van der Waals surface area contributed by atoms with E-state index in [1.165, 1.54) is 0 Å². The van der Waals surface area contributed by atoms with Gasteiger partial charge in [-0.1, -0.05) is 23.7 Å². The van der Waals surface area contributed by atoms with Crippen LogP contribution in [0.15, 0.2) is 53.6 Å². The number of hydrazone groups is 1. The molecule has 21 heavy (non-hydrogen) atoms. The highest BCUT2D eigenvalue weighted by atomic mass is 35.5. The third-order valence-corrected chi connectivity index (χ3v) is 3.01. The Balaban J connectivity index is 1.82. The SMILES string of the molecule is CC(C)Oc1ccc(/C=N\NCc2ccc(Cl)cc2)cc1. The second-order valence-electron chi connectivity index (χ2n) is 4.96. The second kappa shape index (κ2) is 7.70. The van der Waals surface area contributed by atoms with Crippen LogP contribution in [-0.4, -0.2) is 12.3 Å². The number of ether oxygens (including phenoxy) is 1. The molecule has 0 fully saturated rings. The van der Waals surface area contributed by atoms with Crippen LogP contribution in [0.4, 0.5) is 0 Å². The van der Waals surface area contributed by atoms with E-state index >= 15 is 0 Å². The number of hydrogen-bond acceptors (Lipinski definition) is 3. The van der Waals surface area contributed by atoms with Crippen LogP contribution in [0.3, 0.4) is 0 Å². The first kappa shape index (κ1) is 15.4. The molecule has 2 rings (SSSR count). The standard InChI is InChI=1S/C17H19ClN2O/c1-13(2)21-17-9-5-15(6-10-17)12-20-19-11-14-3-7-16(18)8-4-14/h3-10,12-13,19H,11H2,1-2H3/b20-12-. The van der Waals surface area contributed by atoms with Crippen molar-refractivity contribution in [1.29, 1.82) is 0 Å². The molecule has 0 amide bonds. The van der Waals surface area contributed by atoms with Crippen LogP contribution in [0.5, 0.6) is 5.75 Å². The molecule has 0 saturated heterocycles. The number of halogens is 1. The molecular formula is C17H19ClN2O. The topological polar surface area (TPSA) is 33.6 Å². The Hall–Kier alpha value is -2.00. The van der Waals surface area contributed by atoms with Gasteiger partial charge in [0.2, 0.25) is 0 Å². The zero-order valence-corrected chi connectivity index (χ0v) is 13.0. The average Bonchev–Trinajstić information content (AvgIpc) is 2.46. The summed E-state index contributed by atoms with van der Waals surface area (Å²) < 4.78 is 5.59. The van der Waals surface area contributed by atoms with E-state index in [0.29, 0.717) is 6.54 Å². The number of nitrogens with one attached hydrogen (secondary N) is 1. The Kier molecular flexibility index (Phi) is 5.64. The molecule has 0 saturated carbocycles. The lowest BCUT2D eigenvalue weighted by Crippen LogP contribution is -2.06. The molecule has 0 radical (unpaired) electrons. The molecule has 4 heteroatoms. The summed E-state index contributed by atoms with van der Waals surface area (Å²) in [5.74, 6) is 0.872. The summed E-state index contributed by atoms with van der Waals surface area (Å²) in [6.45, 7) is 4.69. The minimum atomic E-state index is 0.186. The van der Waals surface area contributed by atoms with Crippen molar-refractivity contribution in [3.63, 3.8) is 0 Å². The molecule has 0 bridgehead atoms. The number of rotatable bonds is 6. The molecular weight excluding hydrogens is 284 g/mol. The zero-order chi connectivity index (χ0) is 15.1.